The number of hydrogen-bond donors (Lipinski definition) is 1. The Morgan fingerprint density at radius 3 is 2.15 bits per heavy atom. The Balaban J connectivity index is 2.06. The summed E-state index contributed by atoms with van der Waals surface area (Å²) in [6, 6.07) is 14.3. The summed E-state index contributed by atoms with van der Waals surface area (Å²) in [5.74, 6) is -0.336. The summed E-state index contributed by atoms with van der Waals surface area (Å²) < 4.78 is 5.49. The fourth-order valence-electron chi connectivity index (χ4n) is 4.34. The van der Waals surface area contributed by atoms with Gasteiger partial charge in [0.05, 0.1) is 18.2 Å². The predicted octanol–water partition coefficient (Wildman–Crippen LogP) is 4.97. The number of aliphatic hydroxyl groups is 1. The number of likely N-dealkylation sites (tertiary alicyclic amines) is 1. The molecule has 1 N–H and O–H groups in total. The number of aliphatic hydroxyl groups excluding tert-OH is 1. The Hall–Kier alpha value is -3.12. The number of ketones is 1. The van der Waals surface area contributed by atoms with Crippen molar-refractivity contribution in [2.45, 2.75) is 46.6 Å². The van der Waals surface area contributed by atoms with Crippen molar-refractivity contribution >= 4 is 17.4 Å². The van der Waals surface area contributed by atoms with E-state index in [-0.39, 0.29) is 11.3 Å². The molecule has 0 bridgehead atoms. The second kappa shape index (κ2) is 11.3. The van der Waals surface area contributed by atoms with Crippen LogP contribution in [0.2, 0.25) is 0 Å². The Bertz CT molecular complexity index is 1020. The molecule has 6 nitrogen and oxygen atoms in total. The van der Waals surface area contributed by atoms with Crippen LogP contribution in [0, 0.1) is 0 Å². The summed E-state index contributed by atoms with van der Waals surface area (Å²) >= 11 is 0. The van der Waals surface area contributed by atoms with Gasteiger partial charge in [-0.05, 0) is 61.3 Å². The SMILES string of the molecule is CCOc1ccc(C(O)=C2C(=O)C(=O)N(CCN(CC)CC)[C@H]2c2ccc(C(C)C)cc2)cc1. The number of likely N-dealkylation sites (N-methyl/N-ethyl adjacent to an activating group) is 1. The molecule has 34 heavy (non-hydrogen) atoms. The van der Waals surface area contributed by atoms with Gasteiger partial charge < -0.3 is 19.6 Å². The molecule has 1 fully saturated rings. The fourth-order valence-corrected chi connectivity index (χ4v) is 4.34. The van der Waals surface area contributed by atoms with Crippen molar-refractivity contribution in [3.8, 4) is 5.75 Å². The largest absolute Gasteiger partial charge is 0.507 e. The average molecular weight is 465 g/mol. The lowest BCUT2D eigenvalue weighted by molar-refractivity contribution is -0.140. The second-order valence-corrected chi connectivity index (χ2v) is 8.80. The summed E-state index contributed by atoms with van der Waals surface area (Å²) in [6.07, 6.45) is 0. The van der Waals surface area contributed by atoms with Gasteiger partial charge in [-0.2, -0.15) is 0 Å². The molecular formula is C28H36N2O4. The van der Waals surface area contributed by atoms with E-state index in [9.17, 15) is 14.7 Å². The molecule has 0 spiro atoms. The molecular weight excluding hydrogens is 428 g/mol. The second-order valence-electron chi connectivity index (χ2n) is 8.80. The van der Waals surface area contributed by atoms with Crippen molar-refractivity contribution in [2.24, 2.45) is 0 Å². The Labute approximate surface area is 202 Å². The first-order valence-corrected chi connectivity index (χ1v) is 12.2. The van der Waals surface area contributed by atoms with E-state index in [2.05, 4.69) is 32.6 Å². The van der Waals surface area contributed by atoms with Crippen LogP contribution in [0.5, 0.6) is 5.75 Å². The molecule has 0 radical (unpaired) electrons. The first kappa shape index (κ1) is 25.5. The van der Waals surface area contributed by atoms with Crippen LogP contribution in [0.25, 0.3) is 5.76 Å². The van der Waals surface area contributed by atoms with Gasteiger partial charge in [0, 0.05) is 18.7 Å². The van der Waals surface area contributed by atoms with Crippen LogP contribution >= 0.6 is 0 Å². The Morgan fingerprint density at radius 2 is 1.62 bits per heavy atom. The van der Waals surface area contributed by atoms with Gasteiger partial charge in [0.2, 0.25) is 0 Å². The van der Waals surface area contributed by atoms with Crippen LogP contribution in [0.1, 0.15) is 63.3 Å². The minimum atomic E-state index is -0.649. The summed E-state index contributed by atoms with van der Waals surface area (Å²) in [5.41, 5.74) is 2.60. The summed E-state index contributed by atoms with van der Waals surface area (Å²) in [7, 11) is 0. The highest BCUT2D eigenvalue weighted by atomic mass is 16.5. The van der Waals surface area contributed by atoms with E-state index in [1.807, 2.05) is 31.2 Å². The van der Waals surface area contributed by atoms with Gasteiger partial charge >= 0.3 is 0 Å². The molecule has 0 aromatic heterocycles. The molecule has 1 atom stereocenters. The zero-order valence-electron chi connectivity index (χ0n) is 20.9. The smallest absolute Gasteiger partial charge is 0.295 e. The van der Waals surface area contributed by atoms with E-state index in [0.717, 1.165) is 18.7 Å². The number of rotatable bonds is 10. The quantitative estimate of drug-likeness (QED) is 0.305. The zero-order valence-corrected chi connectivity index (χ0v) is 20.9. The van der Waals surface area contributed by atoms with Gasteiger partial charge in [-0.1, -0.05) is 52.0 Å². The Kier molecular flexibility index (Phi) is 8.51. The van der Waals surface area contributed by atoms with E-state index in [1.54, 1.807) is 29.2 Å². The van der Waals surface area contributed by atoms with Crippen molar-refractivity contribution < 1.29 is 19.4 Å². The minimum absolute atomic E-state index is 0.131. The monoisotopic (exact) mass is 464 g/mol. The first-order valence-electron chi connectivity index (χ1n) is 12.2. The number of amides is 1. The molecule has 3 rings (SSSR count). The number of Topliss-reactive ketones (excluding diaryl/α,β-unsaturated/α-hetero) is 1. The summed E-state index contributed by atoms with van der Waals surface area (Å²) in [5, 5.41) is 11.2. The van der Waals surface area contributed by atoms with Crippen molar-refractivity contribution in [3.05, 3.63) is 70.8 Å². The number of carbonyl (C=O) groups excluding carboxylic acids is 2. The van der Waals surface area contributed by atoms with E-state index in [4.69, 9.17) is 4.74 Å². The standard InChI is InChI=1S/C28H36N2O4/c1-6-29(7-2)17-18-30-25(21-11-9-20(10-12-21)19(4)5)24(27(32)28(30)33)26(31)22-13-15-23(16-14-22)34-8-3/h9-16,19,25,31H,6-8,17-18H2,1-5H3/t25-/m0/s1. The van der Waals surface area contributed by atoms with Crippen molar-refractivity contribution in [1.29, 1.82) is 0 Å². The fraction of sp³-hybridized carbons (Fsp3) is 0.429. The van der Waals surface area contributed by atoms with E-state index >= 15 is 0 Å². The molecule has 1 aliphatic rings. The molecule has 0 aliphatic carbocycles. The van der Waals surface area contributed by atoms with E-state index in [1.165, 1.54) is 5.56 Å². The number of benzene rings is 2. The third-order valence-corrected chi connectivity index (χ3v) is 6.45. The van der Waals surface area contributed by atoms with E-state index in [0.29, 0.717) is 36.9 Å². The maximum absolute atomic E-state index is 13.2. The molecule has 6 heteroatoms. The molecule has 2 aromatic rings. The highest BCUT2D eigenvalue weighted by Crippen LogP contribution is 2.39. The lowest BCUT2D eigenvalue weighted by Crippen LogP contribution is -2.38. The molecule has 1 heterocycles. The highest BCUT2D eigenvalue weighted by molar-refractivity contribution is 6.46. The van der Waals surface area contributed by atoms with Gasteiger partial charge in [0.25, 0.3) is 11.7 Å². The Morgan fingerprint density at radius 1 is 1.00 bits per heavy atom. The normalized spacial score (nSPS) is 17.7. The summed E-state index contributed by atoms with van der Waals surface area (Å²) in [4.78, 5) is 30.1. The topological polar surface area (TPSA) is 70.1 Å². The van der Waals surface area contributed by atoms with Crippen LogP contribution in [0.3, 0.4) is 0 Å². The molecule has 1 aliphatic heterocycles. The van der Waals surface area contributed by atoms with Crippen molar-refractivity contribution in [2.75, 3.05) is 32.8 Å². The van der Waals surface area contributed by atoms with Crippen molar-refractivity contribution in [3.63, 3.8) is 0 Å². The maximum atomic E-state index is 13.2. The number of carbonyl (C=O) groups is 2. The molecule has 1 amide bonds. The zero-order chi connectivity index (χ0) is 24.8. The van der Waals surface area contributed by atoms with Crippen molar-refractivity contribution in [1.82, 2.24) is 9.80 Å². The first-order chi connectivity index (χ1) is 16.3. The number of ether oxygens (including phenoxy) is 1. The van der Waals surface area contributed by atoms with Gasteiger partial charge in [-0.25, -0.2) is 0 Å². The number of nitrogens with zero attached hydrogens (tertiary/aromatic N) is 2. The number of hydrogen-bond acceptors (Lipinski definition) is 5. The van der Waals surface area contributed by atoms with Crippen LogP contribution in [0.15, 0.2) is 54.1 Å². The average Bonchev–Trinajstić information content (AvgIpc) is 3.10. The van der Waals surface area contributed by atoms with Crippen LogP contribution in [-0.4, -0.2) is 59.4 Å². The minimum Gasteiger partial charge on any atom is -0.507 e. The predicted molar refractivity (Wildman–Crippen MR) is 135 cm³/mol. The molecule has 0 saturated carbocycles. The summed E-state index contributed by atoms with van der Waals surface area (Å²) in [6.45, 7) is 13.6. The molecule has 2 aromatic carbocycles. The van der Waals surface area contributed by atoms with Crippen LogP contribution in [0.4, 0.5) is 0 Å². The lowest BCUT2D eigenvalue weighted by Gasteiger charge is -2.28. The molecule has 0 unspecified atom stereocenters. The van der Waals surface area contributed by atoms with E-state index < -0.39 is 17.7 Å². The van der Waals surface area contributed by atoms with Gasteiger partial charge in [0.1, 0.15) is 11.5 Å². The van der Waals surface area contributed by atoms with Gasteiger partial charge in [0.15, 0.2) is 0 Å². The third kappa shape index (κ3) is 5.33. The van der Waals surface area contributed by atoms with Gasteiger partial charge in [-0.15, -0.1) is 0 Å². The van der Waals surface area contributed by atoms with Crippen LogP contribution < -0.4 is 4.74 Å². The third-order valence-electron chi connectivity index (χ3n) is 6.45. The van der Waals surface area contributed by atoms with Crippen LogP contribution in [-0.2, 0) is 9.59 Å². The molecule has 182 valence electrons. The maximum Gasteiger partial charge on any atom is 0.295 e. The highest BCUT2D eigenvalue weighted by Gasteiger charge is 2.45. The van der Waals surface area contributed by atoms with Gasteiger partial charge in [-0.3, -0.25) is 9.59 Å². The molecule has 1 saturated heterocycles. The lowest BCUT2D eigenvalue weighted by atomic mass is 9.93.